The van der Waals surface area contributed by atoms with Gasteiger partial charge < -0.3 is 0 Å². The Labute approximate surface area is 302 Å². The predicted octanol–water partition coefficient (Wildman–Crippen LogP) is 13.2. The molecule has 0 saturated heterocycles. The molecule has 1 heterocycles. The van der Waals surface area contributed by atoms with Gasteiger partial charge in [0.2, 0.25) is 0 Å². The summed E-state index contributed by atoms with van der Waals surface area (Å²) in [6.45, 7) is -2.90. The third kappa shape index (κ3) is 4.02. The Kier molecular flexibility index (Phi) is 5.01. The number of aromatic nitrogens is 2. The zero-order chi connectivity index (χ0) is 37.9. The highest BCUT2D eigenvalue weighted by atomic mass is 15.1. The van der Waals surface area contributed by atoms with Crippen LogP contribution < -0.4 is 0 Å². The van der Waals surface area contributed by atoms with Crippen LogP contribution >= 0.6 is 0 Å². The van der Waals surface area contributed by atoms with Gasteiger partial charge in [0, 0.05) is 18.9 Å². The number of aryl methyl sites for hydroxylation is 1. The molecule has 1 aliphatic carbocycles. The summed E-state index contributed by atoms with van der Waals surface area (Å²) < 4.78 is 42.9. The average molecular weight is 654 g/mol. The molecule has 0 bridgehead atoms. The Morgan fingerprint density at radius 2 is 1.10 bits per heavy atom. The van der Waals surface area contributed by atoms with Crippen LogP contribution in [-0.2, 0) is 6.37 Å². The smallest absolute Gasteiger partial charge is 0.114 e. The van der Waals surface area contributed by atoms with Crippen molar-refractivity contribution in [3.63, 3.8) is 0 Å². The van der Waals surface area contributed by atoms with E-state index in [0.717, 1.165) is 21.9 Å². The molecule has 0 spiro atoms. The first-order chi connectivity index (χ1) is 27.2. The van der Waals surface area contributed by atoms with Crippen molar-refractivity contribution in [2.45, 2.75) is 13.2 Å². The number of benzene rings is 9. The fraction of sp³-hybridized carbons (Fsp3) is 0.0408. The maximum atomic E-state index is 8.64. The lowest BCUT2D eigenvalue weighted by molar-refractivity contribution is 0.909. The third-order valence-corrected chi connectivity index (χ3v) is 10.8. The molecule has 1 aromatic heterocycles. The molecule has 0 amide bonds. The number of hydrogen-bond donors (Lipinski definition) is 0. The van der Waals surface area contributed by atoms with Crippen LogP contribution in [0.1, 0.15) is 19.5 Å². The maximum Gasteiger partial charge on any atom is 0.114 e. The molecule has 2 nitrogen and oxygen atoms in total. The zero-order valence-corrected chi connectivity index (χ0v) is 27.5. The van der Waals surface area contributed by atoms with Gasteiger partial charge in [0.05, 0.1) is 11.0 Å². The van der Waals surface area contributed by atoms with E-state index in [1.165, 1.54) is 65.7 Å². The molecular weight excluding hydrogens is 617 g/mol. The van der Waals surface area contributed by atoms with Crippen molar-refractivity contribution in [1.29, 1.82) is 0 Å². The van der Waals surface area contributed by atoms with Gasteiger partial charge in [-0.25, -0.2) is 4.98 Å². The van der Waals surface area contributed by atoms with Crippen LogP contribution in [0.4, 0.5) is 0 Å². The van der Waals surface area contributed by atoms with E-state index in [4.69, 9.17) is 6.85 Å². The molecule has 0 radical (unpaired) electrons. The van der Waals surface area contributed by atoms with E-state index in [0.29, 0.717) is 16.7 Å². The lowest BCUT2D eigenvalue weighted by Gasteiger charge is -2.19. The van der Waals surface area contributed by atoms with Crippen molar-refractivity contribution in [2.75, 3.05) is 0 Å². The molecule has 1 aliphatic rings. The van der Waals surface area contributed by atoms with Crippen LogP contribution in [-0.4, -0.2) is 9.55 Å². The second kappa shape index (κ2) is 10.7. The molecule has 2 heteroatoms. The van der Waals surface area contributed by atoms with Gasteiger partial charge in [-0.2, -0.15) is 0 Å². The first-order valence-electron chi connectivity index (χ1n) is 19.8. The van der Waals surface area contributed by atoms with Crippen molar-refractivity contribution < 1.29 is 6.85 Å². The molecule has 51 heavy (non-hydrogen) atoms. The molecule has 9 aromatic carbocycles. The van der Waals surface area contributed by atoms with Gasteiger partial charge in [-0.1, -0.05) is 140 Å². The second-order valence-electron chi connectivity index (χ2n) is 13.4. The third-order valence-electron chi connectivity index (χ3n) is 10.8. The molecule has 10 aromatic rings. The Morgan fingerprint density at radius 3 is 1.86 bits per heavy atom. The van der Waals surface area contributed by atoms with Crippen molar-refractivity contribution in [1.82, 2.24) is 9.55 Å². The molecule has 11 rings (SSSR count). The van der Waals surface area contributed by atoms with Crippen molar-refractivity contribution >= 4 is 54.1 Å². The Morgan fingerprint density at radius 1 is 0.510 bits per heavy atom. The van der Waals surface area contributed by atoms with Gasteiger partial charge in [0.1, 0.15) is 5.82 Å². The average Bonchev–Trinajstić information content (AvgIpc) is 3.77. The van der Waals surface area contributed by atoms with Crippen molar-refractivity contribution in [3.8, 4) is 50.2 Å². The van der Waals surface area contributed by atoms with Gasteiger partial charge in [-0.05, 0) is 118 Å². The van der Waals surface area contributed by atoms with Crippen LogP contribution in [0.2, 0.25) is 0 Å². The summed E-state index contributed by atoms with van der Waals surface area (Å²) in [4.78, 5) is 4.51. The van der Waals surface area contributed by atoms with Crippen LogP contribution in [0.5, 0.6) is 0 Å². The van der Waals surface area contributed by atoms with Crippen LogP contribution in [0.3, 0.4) is 0 Å². The second-order valence-corrected chi connectivity index (χ2v) is 13.4. The SMILES string of the molecule is [2H]C([2H])([2H])C([2H])([2H])c1nc2ccccc2n1-c1ccc2cc(-c3c4ccccc4c(-c4ccc5c6c(cccc46)-c4ccccc4-5)c4ccccc34)ccc2c1. The van der Waals surface area contributed by atoms with Crippen molar-refractivity contribution in [2.24, 2.45) is 0 Å². The number of hydrogen-bond acceptors (Lipinski definition) is 1. The van der Waals surface area contributed by atoms with E-state index in [1.54, 1.807) is 10.6 Å². The fourth-order valence-corrected chi connectivity index (χ4v) is 8.65. The van der Waals surface area contributed by atoms with Gasteiger partial charge in [0.25, 0.3) is 0 Å². The Hall–Kier alpha value is -6.51. The van der Waals surface area contributed by atoms with Crippen molar-refractivity contribution in [3.05, 3.63) is 170 Å². The van der Waals surface area contributed by atoms with E-state index < -0.39 is 13.2 Å². The standard InChI is InChI=1S/C49H32N2/c1-2-46-50-44-20-9-10-21-45(44)51(46)33-25-24-30-28-32(23-22-31(30)29-33)47-37-14-5-7-16-39(37)49(40-17-8-6-15-38(40)47)43-27-26-42-35-13-4-3-12-34(35)36-18-11-19-41(43)48(36)42/h3-29H,2H2,1H3/i1D3,2D2. The maximum absolute atomic E-state index is 8.64. The lowest BCUT2D eigenvalue weighted by Crippen LogP contribution is -2.00. The summed E-state index contributed by atoms with van der Waals surface area (Å²) in [5.74, 6) is -0.141. The lowest BCUT2D eigenvalue weighted by atomic mass is 9.84. The first-order valence-corrected chi connectivity index (χ1v) is 17.3. The number of rotatable bonds is 4. The largest absolute Gasteiger partial charge is 0.296 e. The van der Waals surface area contributed by atoms with Crippen LogP contribution in [0.25, 0.3) is 104 Å². The summed E-state index contributed by atoms with van der Waals surface area (Å²) in [6.07, 6.45) is -2.67. The topological polar surface area (TPSA) is 17.8 Å². The molecule has 0 aliphatic heterocycles. The summed E-state index contributed by atoms with van der Waals surface area (Å²) in [7, 11) is 0. The molecule has 238 valence electrons. The summed E-state index contributed by atoms with van der Waals surface area (Å²) >= 11 is 0. The van der Waals surface area contributed by atoms with E-state index in [2.05, 4.69) is 126 Å². The highest BCUT2D eigenvalue weighted by Gasteiger charge is 2.24. The fourth-order valence-electron chi connectivity index (χ4n) is 8.65. The molecular formula is C49H32N2. The normalized spacial score (nSPS) is 14.1. The summed E-state index contributed by atoms with van der Waals surface area (Å²) in [6, 6.07) is 57.2. The minimum atomic E-state index is -2.90. The Balaban J connectivity index is 1.11. The van der Waals surface area contributed by atoms with Gasteiger partial charge in [-0.15, -0.1) is 0 Å². The van der Waals surface area contributed by atoms with Gasteiger partial charge in [0.15, 0.2) is 0 Å². The van der Waals surface area contributed by atoms with Gasteiger partial charge in [-0.3, -0.25) is 4.57 Å². The predicted molar refractivity (Wildman–Crippen MR) is 216 cm³/mol. The Bertz CT molecular complexity index is 3200. The highest BCUT2D eigenvalue weighted by Crippen LogP contribution is 2.51. The van der Waals surface area contributed by atoms with E-state index in [1.807, 2.05) is 36.4 Å². The molecule has 0 N–H and O–H groups in total. The monoisotopic (exact) mass is 653 g/mol. The number of nitrogens with zero attached hydrogens (tertiary/aromatic N) is 2. The summed E-state index contributed by atoms with van der Waals surface area (Å²) in [5.41, 5.74) is 11.7. The molecule has 0 atom stereocenters. The first kappa shape index (κ1) is 23.8. The highest BCUT2D eigenvalue weighted by molar-refractivity contribution is 6.26. The number of fused-ring (bicyclic) bond motifs is 7. The van der Waals surface area contributed by atoms with E-state index >= 15 is 0 Å². The number of para-hydroxylation sites is 2. The molecule has 0 unspecified atom stereocenters. The summed E-state index contributed by atoms with van der Waals surface area (Å²) in [5, 5.41) is 9.25. The quantitative estimate of drug-likeness (QED) is 0.173. The van der Waals surface area contributed by atoms with Crippen LogP contribution in [0, 0.1) is 0 Å². The zero-order valence-electron chi connectivity index (χ0n) is 32.5. The number of imidazole rings is 1. The molecule has 0 fully saturated rings. The van der Waals surface area contributed by atoms with E-state index in [9.17, 15) is 0 Å². The van der Waals surface area contributed by atoms with Crippen LogP contribution in [0.15, 0.2) is 164 Å². The minimum absolute atomic E-state index is 0.141. The minimum Gasteiger partial charge on any atom is -0.296 e. The van der Waals surface area contributed by atoms with Gasteiger partial charge >= 0.3 is 0 Å². The van der Waals surface area contributed by atoms with E-state index in [-0.39, 0.29) is 5.82 Å². The molecule has 0 saturated carbocycles.